The molecule has 0 N–H and O–H groups in total. The summed E-state index contributed by atoms with van der Waals surface area (Å²) in [6.07, 6.45) is 0. The lowest BCUT2D eigenvalue weighted by Crippen LogP contribution is -2.02. The fourth-order valence-electron chi connectivity index (χ4n) is 6.80. The molecule has 10 aromatic rings. The highest BCUT2D eigenvalue weighted by atomic mass is 32.1. The molecular formula is C40H23N3OS. The van der Waals surface area contributed by atoms with E-state index in [0.717, 1.165) is 48.9 Å². The van der Waals surface area contributed by atoms with Gasteiger partial charge in [-0.15, -0.1) is 11.3 Å². The zero-order valence-corrected chi connectivity index (χ0v) is 24.8. The molecule has 0 atom stereocenters. The molecule has 0 radical (unpaired) electrons. The maximum atomic E-state index is 6.76. The Morgan fingerprint density at radius 3 is 1.84 bits per heavy atom. The van der Waals surface area contributed by atoms with E-state index in [-0.39, 0.29) is 0 Å². The summed E-state index contributed by atoms with van der Waals surface area (Å²) in [5.41, 5.74) is 7.79. The SMILES string of the molecule is c1ccc(-c2ccc(-c3nc(-n4c5ccccc5c5ccccc54)nc4oc5c(ccc6c7ccccc7sc65)c34)cc2)cc1. The first-order valence-electron chi connectivity index (χ1n) is 15.0. The molecule has 5 heteroatoms. The monoisotopic (exact) mass is 593 g/mol. The molecule has 4 aromatic heterocycles. The lowest BCUT2D eigenvalue weighted by Gasteiger charge is -2.10. The number of hydrogen-bond acceptors (Lipinski definition) is 4. The van der Waals surface area contributed by atoms with Crippen molar-refractivity contribution in [2.45, 2.75) is 0 Å². The Morgan fingerprint density at radius 2 is 1.09 bits per heavy atom. The topological polar surface area (TPSA) is 43.9 Å². The van der Waals surface area contributed by atoms with Crippen LogP contribution in [-0.2, 0) is 0 Å². The molecule has 210 valence electrons. The van der Waals surface area contributed by atoms with Gasteiger partial charge in [-0.1, -0.05) is 115 Å². The van der Waals surface area contributed by atoms with Crippen LogP contribution in [0.15, 0.2) is 144 Å². The molecule has 4 nitrogen and oxygen atoms in total. The molecule has 0 fully saturated rings. The van der Waals surface area contributed by atoms with Crippen LogP contribution in [0, 0.1) is 0 Å². The summed E-state index contributed by atoms with van der Waals surface area (Å²) in [4.78, 5) is 10.5. The second-order valence-electron chi connectivity index (χ2n) is 11.4. The maximum Gasteiger partial charge on any atom is 0.238 e. The van der Waals surface area contributed by atoms with Gasteiger partial charge in [-0.25, -0.2) is 4.98 Å². The Hall–Kier alpha value is -5.78. The van der Waals surface area contributed by atoms with Crippen molar-refractivity contribution in [2.24, 2.45) is 0 Å². The van der Waals surface area contributed by atoms with Crippen molar-refractivity contribution in [1.29, 1.82) is 0 Å². The van der Waals surface area contributed by atoms with E-state index < -0.39 is 0 Å². The van der Waals surface area contributed by atoms with Gasteiger partial charge in [0.15, 0.2) is 5.58 Å². The Labute approximate surface area is 261 Å². The van der Waals surface area contributed by atoms with Gasteiger partial charge in [-0.3, -0.25) is 4.57 Å². The van der Waals surface area contributed by atoms with Crippen molar-refractivity contribution >= 4 is 75.4 Å². The summed E-state index contributed by atoms with van der Waals surface area (Å²) in [7, 11) is 0. The molecule has 0 unspecified atom stereocenters. The Morgan fingerprint density at radius 1 is 0.489 bits per heavy atom. The molecule has 0 amide bonds. The van der Waals surface area contributed by atoms with E-state index in [9.17, 15) is 0 Å². The average molecular weight is 594 g/mol. The lowest BCUT2D eigenvalue weighted by atomic mass is 10.0. The number of benzene rings is 6. The largest absolute Gasteiger partial charge is 0.436 e. The fourth-order valence-corrected chi connectivity index (χ4v) is 7.99. The van der Waals surface area contributed by atoms with Crippen LogP contribution in [0.3, 0.4) is 0 Å². The van der Waals surface area contributed by atoms with Crippen molar-refractivity contribution in [2.75, 3.05) is 0 Å². The normalized spacial score (nSPS) is 12.0. The van der Waals surface area contributed by atoms with Crippen LogP contribution < -0.4 is 0 Å². The summed E-state index contributed by atoms with van der Waals surface area (Å²) >= 11 is 1.77. The van der Waals surface area contributed by atoms with Crippen LogP contribution in [0.1, 0.15) is 0 Å². The molecule has 45 heavy (non-hydrogen) atoms. The highest BCUT2D eigenvalue weighted by molar-refractivity contribution is 7.26. The molecule has 0 saturated carbocycles. The summed E-state index contributed by atoms with van der Waals surface area (Å²) in [5, 5.41) is 6.74. The zero-order chi connectivity index (χ0) is 29.5. The first kappa shape index (κ1) is 24.6. The van der Waals surface area contributed by atoms with E-state index in [1.54, 1.807) is 11.3 Å². The Kier molecular flexibility index (Phi) is 5.12. The highest BCUT2D eigenvalue weighted by Crippen LogP contribution is 2.44. The van der Waals surface area contributed by atoms with Crippen molar-refractivity contribution in [1.82, 2.24) is 14.5 Å². The van der Waals surface area contributed by atoms with Gasteiger partial charge in [-0.05, 0) is 35.4 Å². The minimum atomic E-state index is 0.587. The number of thiophene rings is 1. The van der Waals surface area contributed by atoms with Gasteiger partial charge in [-0.2, -0.15) is 4.98 Å². The fraction of sp³-hybridized carbons (Fsp3) is 0. The summed E-state index contributed by atoms with van der Waals surface area (Å²) < 4.78 is 11.3. The van der Waals surface area contributed by atoms with E-state index in [1.807, 2.05) is 6.07 Å². The number of para-hydroxylation sites is 2. The van der Waals surface area contributed by atoms with Gasteiger partial charge in [0.05, 0.1) is 26.8 Å². The third-order valence-corrected chi connectivity index (χ3v) is 10.1. The molecule has 0 aliphatic carbocycles. The molecule has 10 rings (SSSR count). The molecule has 0 saturated heterocycles. The molecule has 0 aliphatic heterocycles. The van der Waals surface area contributed by atoms with Crippen molar-refractivity contribution < 1.29 is 4.42 Å². The van der Waals surface area contributed by atoms with Crippen molar-refractivity contribution in [3.63, 3.8) is 0 Å². The van der Waals surface area contributed by atoms with Gasteiger partial charge >= 0.3 is 0 Å². The standard InChI is InChI=1S/C40H23N3OS/c1-2-10-24(11-3-1)25-18-20-26(21-19-25)36-35-31-23-22-30-29-14-6-9-17-34(29)45-38(30)37(31)44-39(35)42-40(41-36)43-32-15-7-4-12-27(32)28-13-5-8-16-33(28)43/h1-23H. The summed E-state index contributed by atoms with van der Waals surface area (Å²) in [6, 6.07) is 49.0. The van der Waals surface area contributed by atoms with E-state index in [0.29, 0.717) is 11.7 Å². The predicted molar refractivity (Wildman–Crippen MR) is 187 cm³/mol. The maximum absolute atomic E-state index is 6.76. The number of nitrogens with zero attached hydrogens (tertiary/aromatic N) is 3. The van der Waals surface area contributed by atoms with Crippen LogP contribution in [0.2, 0.25) is 0 Å². The number of rotatable bonds is 3. The van der Waals surface area contributed by atoms with Crippen LogP contribution in [0.5, 0.6) is 0 Å². The summed E-state index contributed by atoms with van der Waals surface area (Å²) in [6.45, 7) is 0. The van der Waals surface area contributed by atoms with E-state index in [1.165, 1.54) is 31.8 Å². The van der Waals surface area contributed by atoms with E-state index in [2.05, 4.69) is 138 Å². The number of aromatic nitrogens is 3. The first-order valence-corrected chi connectivity index (χ1v) is 15.8. The smallest absolute Gasteiger partial charge is 0.238 e. The second-order valence-corrected chi connectivity index (χ2v) is 12.4. The third-order valence-electron chi connectivity index (χ3n) is 8.88. The first-order chi connectivity index (χ1) is 22.3. The van der Waals surface area contributed by atoms with Crippen LogP contribution in [0.25, 0.3) is 92.4 Å². The van der Waals surface area contributed by atoms with Crippen LogP contribution in [-0.4, -0.2) is 14.5 Å². The van der Waals surface area contributed by atoms with E-state index in [4.69, 9.17) is 14.4 Å². The second kappa shape index (κ2) is 9.36. The minimum Gasteiger partial charge on any atom is -0.436 e. The molecule has 0 bridgehead atoms. The molecule has 0 spiro atoms. The van der Waals surface area contributed by atoms with Crippen LogP contribution in [0.4, 0.5) is 0 Å². The molecular weight excluding hydrogens is 571 g/mol. The molecule has 0 aliphatic rings. The minimum absolute atomic E-state index is 0.587. The molecule has 6 aromatic carbocycles. The Balaban J connectivity index is 1.30. The van der Waals surface area contributed by atoms with Crippen LogP contribution >= 0.6 is 11.3 Å². The lowest BCUT2D eigenvalue weighted by molar-refractivity contribution is 0.655. The van der Waals surface area contributed by atoms with Gasteiger partial charge in [0.2, 0.25) is 11.7 Å². The number of fused-ring (bicyclic) bond motifs is 10. The average Bonchev–Trinajstić information content (AvgIpc) is 3.78. The van der Waals surface area contributed by atoms with Crippen molar-refractivity contribution in [3.05, 3.63) is 140 Å². The predicted octanol–water partition coefficient (Wildman–Crippen LogP) is 11.2. The third kappa shape index (κ3) is 3.59. The Bertz CT molecular complexity index is 2700. The number of furan rings is 1. The summed E-state index contributed by atoms with van der Waals surface area (Å²) in [5.74, 6) is 0.591. The molecule has 4 heterocycles. The quantitative estimate of drug-likeness (QED) is 0.205. The van der Waals surface area contributed by atoms with Gasteiger partial charge in [0, 0.05) is 37.2 Å². The highest BCUT2D eigenvalue weighted by Gasteiger charge is 2.22. The zero-order valence-electron chi connectivity index (χ0n) is 23.9. The van der Waals surface area contributed by atoms with E-state index >= 15 is 0 Å². The van der Waals surface area contributed by atoms with Gasteiger partial charge in [0.25, 0.3) is 0 Å². The number of hydrogen-bond donors (Lipinski definition) is 0. The van der Waals surface area contributed by atoms with Gasteiger partial charge in [0.1, 0.15) is 0 Å². The van der Waals surface area contributed by atoms with Crippen molar-refractivity contribution in [3.8, 4) is 28.3 Å². The van der Waals surface area contributed by atoms with Gasteiger partial charge < -0.3 is 4.42 Å².